The second-order valence-corrected chi connectivity index (χ2v) is 1.77. The number of rotatable bonds is 3. The molecule has 0 aromatic carbocycles. The van der Waals surface area contributed by atoms with Gasteiger partial charge in [-0.15, -0.1) is 0 Å². The van der Waals surface area contributed by atoms with Crippen LogP contribution >= 0.6 is 0 Å². The van der Waals surface area contributed by atoms with Crippen molar-refractivity contribution in [1.29, 1.82) is 0 Å². The Bertz CT molecular complexity index is 148. The van der Waals surface area contributed by atoms with Gasteiger partial charge in [0.1, 0.15) is 6.04 Å². The van der Waals surface area contributed by atoms with Gasteiger partial charge < -0.3 is 15.5 Å². The lowest BCUT2D eigenvalue weighted by molar-refractivity contribution is -0.140. The van der Waals surface area contributed by atoms with Crippen LogP contribution in [0.1, 0.15) is 0 Å². The molecule has 0 aromatic rings. The molecule has 0 saturated carbocycles. The number of nitrogens with one attached hydrogen (secondary N) is 1. The Morgan fingerprint density at radius 1 is 1.60 bits per heavy atom. The Morgan fingerprint density at radius 3 is 2.20 bits per heavy atom. The van der Waals surface area contributed by atoms with Gasteiger partial charge in [0, 0.05) is 0 Å². The number of carbonyl (C=O) groups is 2. The summed E-state index contributed by atoms with van der Waals surface area (Å²) in [5.74, 6) is -1.71. The van der Waals surface area contributed by atoms with E-state index in [0.717, 1.165) is 0 Å². The van der Waals surface area contributed by atoms with E-state index >= 15 is 0 Å². The zero-order chi connectivity index (χ0) is 8.15. The minimum atomic E-state index is -1.24. The van der Waals surface area contributed by atoms with E-state index in [-0.39, 0.29) is 0 Å². The first-order chi connectivity index (χ1) is 4.57. The van der Waals surface area contributed by atoms with Gasteiger partial charge in [-0.3, -0.25) is 4.79 Å². The van der Waals surface area contributed by atoms with Gasteiger partial charge >= 0.3 is 5.97 Å². The average Bonchev–Trinajstić information content (AvgIpc) is 1.81. The standard InChI is InChI=1S/C4H8BNO4/c5-4(10)6-2(1-7)3(8)9/h2,7H,1,5H2,(H,6,10)(H,8,9)/t2-/m0/s1. The molecule has 5 nitrogen and oxygen atoms in total. The summed E-state index contributed by atoms with van der Waals surface area (Å²) >= 11 is 0. The van der Waals surface area contributed by atoms with Gasteiger partial charge in [0.2, 0.25) is 7.85 Å². The molecule has 1 atom stereocenters. The highest BCUT2D eigenvalue weighted by Crippen LogP contribution is 1.80. The number of aliphatic hydroxyl groups is 1. The predicted molar refractivity (Wildman–Crippen MR) is 35.6 cm³/mol. The number of carboxylic acid groups (broad SMARTS) is 1. The fourth-order valence-corrected chi connectivity index (χ4v) is 0.431. The number of hydrogen-bond acceptors (Lipinski definition) is 3. The van der Waals surface area contributed by atoms with Crippen molar-refractivity contribution in [3.8, 4) is 0 Å². The van der Waals surface area contributed by atoms with Crippen LogP contribution < -0.4 is 5.32 Å². The first-order valence-electron chi connectivity index (χ1n) is 2.68. The summed E-state index contributed by atoms with van der Waals surface area (Å²) in [5, 5.41) is 18.6. The molecular weight excluding hydrogens is 137 g/mol. The molecule has 6 heteroatoms. The number of aliphatic carboxylic acids is 1. The van der Waals surface area contributed by atoms with Crippen molar-refractivity contribution in [3.05, 3.63) is 0 Å². The van der Waals surface area contributed by atoms with E-state index in [2.05, 4.69) is 0 Å². The highest BCUT2D eigenvalue weighted by Gasteiger charge is 2.15. The number of amides is 1. The van der Waals surface area contributed by atoms with Crippen LogP contribution in [0.2, 0.25) is 0 Å². The van der Waals surface area contributed by atoms with Crippen LogP contribution in [0, 0.1) is 0 Å². The van der Waals surface area contributed by atoms with Crippen molar-refractivity contribution in [1.82, 2.24) is 5.32 Å². The lowest BCUT2D eigenvalue weighted by Gasteiger charge is -2.08. The lowest BCUT2D eigenvalue weighted by Crippen LogP contribution is -2.42. The molecule has 0 heterocycles. The minimum Gasteiger partial charge on any atom is -0.480 e. The van der Waals surface area contributed by atoms with Crippen LogP contribution in [-0.4, -0.2) is 42.5 Å². The van der Waals surface area contributed by atoms with Crippen LogP contribution in [-0.2, 0) is 4.79 Å². The molecule has 0 bridgehead atoms. The molecule has 0 aliphatic heterocycles. The highest BCUT2D eigenvalue weighted by atomic mass is 16.4. The topological polar surface area (TPSA) is 86.6 Å². The molecule has 10 heavy (non-hydrogen) atoms. The van der Waals surface area contributed by atoms with E-state index < -0.39 is 24.4 Å². The molecule has 0 saturated heterocycles. The van der Waals surface area contributed by atoms with Crippen LogP contribution in [0.3, 0.4) is 0 Å². The summed E-state index contributed by atoms with van der Waals surface area (Å²) in [7, 11) is 1.19. The van der Waals surface area contributed by atoms with Crippen LogP contribution in [0.15, 0.2) is 0 Å². The molecule has 0 radical (unpaired) electrons. The average molecular weight is 145 g/mol. The van der Waals surface area contributed by atoms with Gasteiger partial charge in [-0.1, -0.05) is 0 Å². The zero-order valence-corrected chi connectivity index (χ0v) is 5.50. The summed E-state index contributed by atoms with van der Waals surface area (Å²) in [6.07, 6.45) is 0. The zero-order valence-electron chi connectivity index (χ0n) is 5.50. The van der Waals surface area contributed by atoms with E-state index in [0.29, 0.717) is 0 Å². The lowest BCUT2D eigenvalue weighted by atomic mass is 10.1. The maximum atomic E-state index is 10.2. The minimum absolute atomic E-state index is 0.471. The van der Waals surface area contributed by atoms with E-state index in [9.17, 15) is 9.59 Å². The molecule has 0 spiro atoms. The monoisotopic (exact) mass is 145 g/mol. The largest absolute Gasteiger partial charge is 0.480 e. The molecule has 0 unspecified atom stereocenters. The van der Waals surface area contributed by atoms with Gasteiger partial charge in [0.05, 0.1) is 6.61 Å². The van der Waals surface area contributed by atoms with Crippen LogP contribution in [0.5, 0.6) is 0 Å². The highest BCUT2D eigenvalue weighted by molar-refractivity contribution is 6.57. The molecule has 0 fully saturated rings. The Morgan fingerprint density at radius 2 is 2.10 bits per heavy atom. The predicted octanol–water partition coefficient (Wildman–Crippen LogP) is -2.23. The van der Waals surface area contributed by atoms with Gasteiger partial charge in [-0.05, 0) is 0 Å². The molecule has 0 aromatic heterocycles. The van der Waals surface area contributed by atoms with Crippen molar-refractivity contribution in [2.45, 2.75) is 6.04 Å². The van der Waals surface area contributed by atoms with Crippen molar-refractivity contribution < 1.29 is 19.8 Å². The Balaban J connectivity index is 3.83. The number of carboxylic acids is 1. The van der Waals surface area contributed by atoms with Crippen LogP contribution in [0.25, 0.3) is 0 Å². The normalized spacial score (nSPS) is 12.1. The van der Waals surface area contributed by atoms with Crippen molar-refractivity contribution >= 4 is 19.6 Å². The second-order valence-electron chi connectivity index (χ2n) is 1.77. The molecule has 1 amide bonds. The van der Waals surface area contributed by atoms with Crippen molar-refractivity contribution in [2.24, 2.45) is 0 Å². The number of aliphatic hydroxyl groups excluding tert-OH is 1. The fraction of sp³-hybridized carbons (Fsp3) is 0.500. The summed E-state index contributed by atoms with van der Waals surface area (Å²) in [5.41, 5.74) is 0. The van der Waals surface area contributed by atoms with E-state index in [1.54, 1.807) is 0 Å². The maximum absolute atomic E-state index is 10.2. The van der Waals surface area contributed by atoms with E-state index in [4.69, 9.17) is 10.2 Å². The summed E-state index contributed by atoms with van der Waals surface area (Å²) < 4.78 is 0. The maximum Gasteiger partial charge on any atom is 0.328 e. The smallest absolute Gasteiger partial charge is 0.328 e. The third-order valence-electron chi connectivity index (χ3n) is 0.858. The Hall–Kier alpha value is -1.04. The van der Waals surface area contributed by atoms with Crippen LogP contribution in [0.4, 0.5) is 4.79 Å². The van der Waals surface area contributed by atoms with Gasteiger partial charge in [0.25, 0.3) is 0 Å². The van der Waals surface area contributed by atoms with Gasteiger partial charge in [0.15, 0.2) is 5.81 Å². The Labute approximate surface area is 58.4 Å². The summed E-state index contributed by atoms with van der Waals surface area (Å²) in [4.78, 5) is 20.3. The van der Waals surface area contributed by atoms with Crippen molar-refractivity contribution in [3.63, 3.8) is 0 Å². The molecule has 0 rings (SSSR count). The second kappa shape index (κ2) is 3.89. The molecule has 0 aliphatic rings. The molecule has 0 aliphatic carbocycles. The summed E-state index contributed by atoms with van der Waals surface area (Å²) in [6, 6.07) is -1.18. The first kappa shape index (κ1) is 8.96. The van der Waals surface area contributed by atoms with Gasteiger partial charge in [-0.25, -0.2) is 4.79 Å². The van der Waals surface area contributed by atoms with Gasteiger partial charge in [-0.2, -0.15) is 0 Å². The Kier molecular flexibility index (Phi) is 3.49. The SMILES string of the molecule is BC(=O)N[C@@H](CO)C(=O)O. The fourth-order valence-electron chi connectivity index (χ4n) is 0.431. The quantitative estimate of drug-likeness (QED) is 0.392. The third-order valence-corrected chi connectivity index (χ3v) is 0.858. The molecule has 3 N–H and O–H groups in total. The first-order valence-corrected chi connectivity index (χ1v) is 2.68. The molecule has 56 valence electrons. The number of carbonyl (C=O) groups excluding carboxylic acids is 1. The third kappa shape index (κ3) is 3.08. The number of hydrogen-bond donors (Lipinski definition) is 3. The summed E-state index contributed by atoms with van der Waals surface area (Å²) in [6.45, 7) is -0.588. The van der Waals surface area contributed by atoms with Crippen molar-refractivity contribution in [2.75, 3.05) is 6.61 Å². The van der Waals surface area contributed by atoms with E-state index in [1.807, 2.05) is 5.32 Å². The molecular formula is C4H8BNO4. The van der Waals surface area contributed by atoms with E-state index in [1.165, 1.54) is 7.85 Å².